The Bertz CT molecular complexity index is 1390. The summed E-state index contributed by atoms with van der Waals surface area (Å²) in [6, 6.07) is 8.85. The topological polar surface area (TPSA) is 216 Å². The third kappa shape index (κ3) is 6.86. The monoisotopic (exact) mass is 556 g/mol. The molecule has 16 heteroatoms. The molecule has 0 bridgehead atoms. The zero-order chi connectivity index (χ0) is 27.4. The van der Waals surface area contributed by atoms with Gasteiger partial charge in [-0.05, 0) is 30.2 Å². The van der Waals surface area contributed by atoms with Gasteiger partial charge in [0.25, 0.3) is 21.6 Å². The van der Waals surface area contributed by atoms with Crippen molar-refractivity contribution in [3.8, 4) is 0 Å². The number of aliphatic hydroxyl groups excluding tert-OH is 1. The van der Waals surface area contributed by atoms with E-state index in [1.165, 1.54) is 36.4 Å². The number of nitrogens with one attached hydrogen (secondary N) is 1. The second-order valence-corrected chi connectivity index (χ2v) is 11.5. The first-order valence-electron chi connectivity index (χ1n) is 10.8. The van der Waals surface area contributed by atoms with Gasteiger partial charge in [0, 0.05) is 25.6 Å². The van der Waals surface area contributed by atoms with Crippen molar-refractivity contribution >= 4 is 37.6 Å². The number of β-amino-alcohol motifs (C(OH)–C–C–N with tert-alkyl or cyclic N) is 1. The molecule has 2 unspecified atom stereocenters. The summed E-state index contributed by atoms with van der Waals surface area (Å²) in [6.07, 6.45) is -1.19. The number of nitrogens with two attached hydrogens (primary N) is 1. The van der Waals surface area contributed by atoms with Crippen LogP contribution in [0.25, 0.3) is 0 Å². The number of carbonyl (C=O) groups is 2. The van der Waals surface area contributed by atoms with Gasteiger partial charge in [0.15, 0.2) is 11.5 Å². The molecular formula is C21H24N4O10S2. The molecule has 4 N–H and O–H groups in total. The van der Waals surface area contributed by atoms with Crippen molar-refractivity contribution in [3.63, 3.8) is 0 Å². The number of nitrogens with zero attached hydrogens (tertiary/aromatic N) is 2. The molecule has 37 heavy (non-hydrogen) atoms. The zero-order valence-corrected chi connectivity index (χ0v) is 20.9. The molecule has 1 heterocycles. The zero-order valence-electron chi connectivity index (χ0n) is 19.2. The fourth-order valence-electron chi connectivity index (χ4n) is 3.69. The summed E-state index contributed by atoms with van der Waals surface area (Å²) in [4.78, 5) is 34.4. The van der Waals surface area contributed by atoms with Crippen LogP contribution >= 0.6 is 0 Å². The molecule has 0 saturated carbocycles. The van der Waals surface area contributed by atoms with Gasteiger partial charge < -0.3 is 15.2 Å². The maximum absolute atomic E-state index is 13.1. The van der Waals surface area contributed by atoms with Crippen molar-refractivity contribution in [1.29, 1.82) is 0 Å². The van der Waals surface area contributed by atoms with E-state index in [0.717, 1.165) is 12.1 Å². The standard InChI is InChI=1S/C21H24N4O10S2/c22-36(31,32)16-7-5-14(6-8-16)9-10-23-20(27)13-35-21(28)18-11-15(26)12-24(18)37(33,34)19-4-2-1-3-17(19)25(29)30/h1-8,15,18,26H,9-13H2,(H,23,27)(H2,22,31,32). The van der Waals surface area contributed by atoms with E-state index in [1.807, 2.05) is 0 Å². The lowest BCUT2D eigenvalue weighted by atomic mass is 10.1. The number of carbonyl (C=O) groups excluding carboxylic acids is 2. The lowest BCUT2D eigenvalue weighted by Crippen LogP contribution is -2.42. The SMILES string of the molecule is NS(=O)(=O)c1ccc(CCNC(=O)COC(=O)C2CC(O)CN2S(=O)(=O)c2ccccc2[N+](=O)[O-])cc1. The molecule has 1 fully saturated rings. The maximum atomic E-state index is 13.1. The number of benzene rings is 2. The Hall–Kier alpha value is -3.44. The molecule has 1 aliphatic heterocycles. The number of ether oxygens (including phenoxy) is 1. The first-order valence-corrected chi connectivity index (χ1v) is 13.8. The van der Waals surface area contributed by atoms with Gasteiger partial charge in [-0.2, -0.15) is 4.31 Å². The second-order valence-electron chi connectivity index (χ2n) is 8.10. The lowest BCUT2D eigenvalue weighted by Gasteiger charge is -2.22. The van der Waals surface area contributed by atoms with E-state index in [0.29, 0.717) is 16.3 Å². The van der Waals surface area contributed by atoms with Crippen molar-refractivity contribution in [2.75, 3.05) is 19.7 Å². The molecule has 1 amide bonds. The van der Waals surface area contributed by atoms with Crippen LogP contribution in [0.15, 0.2) is 58.3 Å². The Morgan fingerprint density at radius 2 is 1.78 bits per heavy atom. The minimum absolute atomic E-state index is 0.0536. The number of sulfonamides is 2. The van der Waals surface area contributed by atoms with Crippen LogP contribution in [-0.2, 0) is 40.8 Å². The number of nitro benzene ring substituents is 1. The molecular weight excluding hydrogens is 532 g/mol. The van der Waals surface area contributed by atoms with Gasteiger partial charge in [0.2, 0.25) is 10.0 Å². The molecule has 0 spiro atoms. The Balaban J connectivity index is 1.57. The Labute approximate surface area is 212 Å². The van der Waals surface area contributed by atoms with Gasteiger partial charge >= 0.3 is 5.97 Å². The summed E-state index contributed by atoms with van der Waals surface area (Å²) < 4.78 is 54.3. The summed E-state index contributed by atoms with van der Waals surface area (Å²) in [6.45, 7) is -1.08. The van der Waals surface area contributed by atoms with Crippen LogP contribution in [-0.4, -0.2) is 74.9 Å². The van der Waals surface area contributed by atoms with Crippen LogP contribution in [0.3, 0.4) is 0 Å². The first kappa shape index (κ1) is 28.1. The van der Waals surface area contributed by atoms with E-state index in [1.54, 1.807) is 0 Å². The summed E-state index contributed by atoms with van der Waals surface area (Å²) >= 11 is 0. The van der Waals surface area contributed by atoms with E-state index in [4.69, 9.17) is 9.88 Å². The van der Waals surface area contributed by atoms with Crippen molar-refractivity contribution in [2.24, 2.45) is 5.14 Å². The van der Waals surface area contributed by atoms with E-state index in [9.17, 15) is 41.6 Å². The molecule has 2 aromatic rings. The van der Waals surface area contributed by atoms with Gasteiger partial charge in [0.1, 0.15) is 6.04 Å². The van der Waals surface area contributed by atoms with E-state index >= 15 is 0 Å². The average molecular weight is 557 g/mol. The molecule has 3 rings (SSSR count). The van der Waals surface area contributed by atoms with Crippen molar-refractivity contribution < 1.29 is 41.2 Å². The predicted octanol–water partition coefficient (Wildman–Crippen LogP) is -0.732. The molecule has 0 aromatic heterocycles. The predicted molar refractivity (Wildman–Crippen MR) is 127 cm³/mol. The minimum atomic E-state index is -4.55. The highest BCUT2D eigenvalue weighted by molar-refractivity contribution is 7.89. The minimum Gasteiger partial charge on any atom is -0.454 e. The molecule has 14 nitrogen and oxygen atoms in total. The number of aliphatic hydroxyl groups is 1. The normalized spacial score (nSPS) is 18.3. The van der Waals surface area contributed by atoms with Crippen LogP contribution in [0.2, 0.25) is 0 Å². The van der Waals surface area contributed by atoms with Gasteiger partial charge in [-0.25, -0.2) is 22.0 Å². The molecule has 200 valence electrons. The van der Waals surface area contributed by atoms with E-state index in [2.05, 4.69) is 5.32 Å². The van der Waals surface area contributed by atoms with Crippen LogP contribution in [0, 0.1) is 10.1 Å². The third-order valence-corrected chi connectivity index (χ3v) is 8.34. The second kappa shape index (κ2) is 11.3. The average Bonchev–Trinajstić information content (AvgIpc) is 3.25. The van der Waals surface area contributed by atoms with Gasteiger partial charge in [-0.3, -0.25) is 19.7 Å². The number of amides is 1. The number of para-hydroxylation sites is 1. The van der Waals surface area contributed by atoms with Gasteiger partial charge in [-0.15, -0.1) is 0 Å². The first-order chi connectivity index (χ1) is 17.3. The van der Waals surface area contributed by atoms with Crippen LogP contribution < -0.4 is 10.5 Å². The number of primary sulfonamides is 1. The number of nitro groups is 1. The largest absolute Gasteiger partial charge is 0.454 e. The summed E-state index contributed by atoms with van der Waals surface area (Å²) in [5, 5.41) is 28.8. The quantitative estimate of drug-likeness (QED) is 0.189. The fraction of sp³-hybridized carbons (Fsp3) is 0.333. The molecule has 0 radical (unpaired) electrons. The van der Waals surface area contributed by atoms with Crippen LogP contribution in [0.4, 0.5) is 5.69 Å². The van der Waals surface area contributed by atoms with Crippen molar-refractivity contribution in [3.05, 3.63) is 64.2 Å². The van der Waals surface area contributed by atoms with Crippen LogP contribution in [0.1, 0.15) is 12.0 Å². The molecule has 1 saturated heterocycles. The lowest BCUT2D eigenvalue weighted by molar-refractivity contribution is -0.387. The fourth-order valence-corrected chi connectivity index (χ4v) is 5.99. The Morgan fingerprint density at radius 1 is 1.14 bits per heavy atom. The maximum Gasteiger partial charge on any atom is 0.325 e. The highest BCUT2D eigenvalue weighted by atomic mass is 32.2. The summed E-state index contributed by atoms with van der Waals surface area (Å²) in [5.74, 6) is -1.77. The smallest absolute Gasteiger partial charge is 0.325 e. The molecule has 0 aliphatic carbocycles. The Kier molecular flexibility index (Phi) is 8.60. The number of hydrogen-bond acceptors (Lipinski definition) is 10. The van der Waals surface area contributed by atoms with Gasteiger partial charge in [-0.1, -0.05) is 24.3 Å². The Morgan fingerprint density at radius 3 is 2.41 bits per heavy atom. The number of rotatable bonds is 10. The van der Waals surface area contributed by atoms with Crippen molar-refractivity contribution in [2.45, 2.75) is 34.8 Å². The van der Waals surface area contributed by atoms with Crippen molar-refractivity contribution in [1.82, 2.24) is 9.62 Å². The highest BCUT2D eigenvalue weighted by Gasteiger charge is 2.46. The molecule has 2 atom stereocenters. The van der Waals surface area contributed by atoms with E-state index < -0.39 is 72.7 Å². The molecule has 1 aliphatic rings. The van der Waals surface area contributed by atoms with Gasteiger partial charge in [0.05, 0.1) is 15.9 Å². The van der Waals surface area contributed by atoms with E-state index in [-0.39, 0.29) is 17.9 Å². The third-order valence-electron chi connectivity index (χ3n) is 5.49. The van der Waals surface area contributed by atoms with Crippen LogP contribution in [0.5, 0.6) is 0 Å². The summed E-state index contributed by atoms with van der Waals surface area (Å²) in [7, 11) is -8.37. The number of hydrogen-bond donors (Lipinski definition) is 3. The number of esters is 1. The highest BCUT2D eigenvalue weighted by Crippen LogP contribution is 2.31. The summed E-state index contributed by atoms with van der Waals surface area (Å²) in [5.41, 5.74) is 0.0233. The molecule has 2 aromatic carbocycles.